The lowest BCUT2D eigenvalue weighted by Gasteiger charge is -2.22. The van der Waals surface area contributed by atoms with Gasteiger partial charge >= 0.3 is 0 Å². The maximum atomic E-state index is 6.20. The zero-order chi connectivity index (χ0) is 11.9. The molecule has 2 heteroatoms. The molecule has 1 radical (unpaired) electrons. The van der Waals surface area contributed by atoms with Gasteiger partial charge in [-0.05, 0) is 37.8 Å². The van der Waals surface area contributed by atoms with Gasteiger partial charge in [0.15, 0.2) is 5.79 Å². The fourth-order valence-corrected chi connectivity index (χ4v) is 2.99. The summed E-state index contributed by atoms with van der Waals surface area (Å²) in [5.41, 5.74) is 2.47. The van der Waals surface area contributed by atoms with Gasteiger partial charge < -0.3 is 9.47 Å². The molecule has 2 fully saturated rings. The minimum absolute atomic E-state index is 0.00528. The van der Waals surface area contributed by atoms with E-state index < -0.39 is 0 Å². The van der Waals surface area contributed by atoms with Gasteiger partial charge in [-0.1, -0.05) is 24.3 Å². The van der Waals surface area contributed by atoms with Crippen LogP contribution in [0.2, 0.25) is 0 Å². The first-order chi connectivity index (χ1) is 8.20. The van der Waals surface area contributed by atoms with E-state index in [9.17, 15) is 0 Å². The summed E-state index contributed by atoms with van der Waals surface area (Å²) in [5.74, 6) is -0.334. The molecule has 1 saturated heterocycles. The summed E-state index contributed by atoms with van der Waals surface area (Å²) in [6.45, 7) is 6.22. The average molecular weight is 231 g/mol. The topological polar surface area (TPSA) is 18.5 Å². The lowest BCUT2D eigenvalue weighted by atomic mass is 10.0. The van der Waals surface area contributed by atoms with Gasteiger partial charge in [0.25, 0.3) is 0 Å². The molecule has 1 heterocycles. The van der Waals surface area contributed by atoms with Crippen molar-refractivity contribution < 1.29 is 9.47 Å². The lowest BCUT2D eigenvalue weighted by molar-refractivity contribution is -0.167. The zero-order valence-electron chi connectivity index (χ0n) is 10.3. The van der Waals surface area contributed by atoms with Crippen molar-refractivity contribution in [2.45, 2.75) is 50.6 Å². The highest BCUT2D eigenvalue weighted by molar-refractivity contribution is 5.29. The normalized spacial score (nSPS) is 31.2. The van der Waals surface area contributed by atoms with E-state index in [1.165, 1.54) is 24.0 Å². The van der Waals surface area contributed by atoms with Crippen molar-refractivity contribution in [3.8, 4) is 0 Å². The largest absolute Gasteiger partial charge is 0.344 e. The molecule has 2 atom stereocenters. The number of aryl methyl sites for hydroxylation is 1. The van der Waals surface area contributed by atoms with Crippen LogP contribution in [0, 0.1) is 13.8 Å². The number of benzene rings is 1. The molecule has 1 aliphatic heterocycles. The number of hydrogen-bond acceptors (Lipinski definition) is 2. The van der Waals surface area contributed by atoms with Crippen molar-refractivity contribution in [2.75, 3.05) is 0 Å². The van der Waals surface area contributed by atoms with Gasteiger partial charge in [-0.2, -0.15) is 0 Å². The van der Waals surface area contributed by atoms with Crippen molar-refractivity contribution in [3.05, 3.63) is 42.3 Å². The van der Waals surface area contributed by atoms with E-state index in [-0.39, 0.29) is 18.0 Å². The maximum absolute atomic E-state index is 6.20. The summed E-state index contributed by atoms with van der Waals surface area (Å²) in [4.78, 5) is 0. The number of hydrogen-bond donors (Lipinski definition) is 0. The third-order valence-electron chi connectivity index (χ3n) is 3.91. The molecule has 0 amide bonds. The maximum Gasteiger partial charge on any atom is 0.169 e. The lowest BCUT2D eigenvalue weighted by Crippen LogP contribution is -2.26. The minimum atomic E-state index is -0.334. The average Bonchev–Trinajstić information content (AvgIpc) is 2.88. The molecule has 1 spiro atoms. The first-order valence-corrected chi connectivity index (χ1v) is 6.44. The molecule has 1 aliphatic carbocycles. The summed E-state index contributed by atoms with van der Waals surface area (Å²) in [5, 5.41) is 0. The summed E-state index contributed by atoms with van der Waals surface area (Å²) in [6, 6.07) is 8.34. The molecule has 0 N–H and O–H groups in total. The molecule has 3 rings (SSSR count). The quantitative estimate of drug-likeness (QED) is 0.735. The zero-order valence-corrected chi connectivity index (χ0v) is 10.3. The Morgan fingerprint density at radius 1 is 1.18 bits per heavy atom. The second-order valence-corrected chi connectivity index (χ2v) is 5.17. The Bertz CT molecular complexity index is 407. The molecule has 17 heavy (non-hydrogen) atoms. The summed E-state index contributed by atoms with van der Waals surface area (Å²) < 4.78 is 12.2. The van der Waals surface area contributed by atoms with Crippen LogP contribution in [-0.4, -0.2) is 11.9 Å². The van der Waals surface area contributed by atoms with Crippen LogP contribution in [0.15, 0.2) is 24.3 Å². The van der Waals surface area contributed by atoms with E-state index >= 15 is 0 Å². The molecule has 2 nitrogen and oxygen atoms in total. The van der Waals surface area contributed by atoms with Gasteiger partial charge in [0.2, 0.25) is 0 Å². The highest BCUT2D eigenvalue weighted by Crippen LogP contribution is 2.47. The van der Waals surface area contributed by atoms with Gasteiger partial charge in [0.1, 0.15) is 6.10 Å². The Morgan fingerprint density at radius 2 is 1.88 bits per heavy atom. The highest BCUT2D eigenvalue weighted by Gasteiger charge is 2.48. The third-order valence-corrected chi connectivity index (χ3v) is 3.91. The van der Waals surface area contributed by atoms with Crippen LogP contribution in [0.4, 0.5) is 0 Å². The van der Waals surface area contributed by atoms with Gasteiger partial charge in [-0.15, -0.1) is 0 Å². The summed E-state index contributed by atoms with van der Waals surface area (Å²) in [6.07, 6.45) is 4.34. The number of rotatable bonds is 1. The van der Waals surface area contributed by atoms with Crippen LogP contribution < -0.4 is 0 Å². The molecule has 91 valence electrons. The van der Waals surface area contributed by atoms with Gasteiger partial charge in [-0.3, -0.25) is 0 Å². The Hall–Kier alpha value is -0.860. The van der Waals surface area contributed by atoms with Crippen LogP contribution in [0.25, 0.3) is 0 Å². The van der Waals surface area contributed by atoms with Crippen LogP contribution in [0.1, 0.15) is 42.9 Å². The fourth-order valence-electron chi connectivity index (χ4n) is 2.99. The second-order valence-electron chi connectivity index (χ2n) is 5.17. The molecule has 0 unspecified atom stereocenters. The van der Waals surface area contributed by atoms with Crippen LogP contribution in [0.5, 0.6) is 0 Å². The third kappa shape index (κ3) is 1.90. The smallest absolute Gasteiger partial charge is 0.169 e. The predicted octanol–water partition coefficient (Wildman–Crippen LogP) is 3.56. The van der Waals surface area contributed by atoms with E-state index in [4.69, 9.17) is 9.47 Å². The van der Waals surface area contributed by atoms with Gasteiger partial charge in [0.05, 0.1) is 6.10 Å². The molecule has 0 aromatic heterocycles. The first-order valence-electron chi connectivity index (χ1n) is 6.44. The van der Waals surface area contributed by atoms with E-state index in [0.29, 0.717) is 0 Å². The van der Waals surface area contributed by atoms with Crippen molar-refractivity contribution in [1.82, 2.24) is 0 Å². The highest BCUT2D eigenvalue weighted by atomic mass is 16.8. The fraction of sp³-hybridized carbons (Fsp3) is 0.533. The SMILES string of the molecule is [CH2][C@@H]1OC2(CCCC2)O[C@H]1c1ccccc1C. The molecule has 0 bridgehead atoms. The Kier molecular flexibility index (Phi) is 2.72. The molecule has 1 aromatic rings. The summed E-state index contributed by atoms with van der Waals surface area (Å²) in [7, 11) is 0. The monoisotopic (exact) mass is 231 g/mol. The van der Waals surface area contributed by atoms with Crippen LogP contribution in [-0.2, 0) is 9.47 Å². The molecule has 2 aliphatic rings. The van der Waals surface area contributed by atoms with Gasteiger partial charge in [-0.25, -0.2) is 0 Å². The summed E-state index contributed by atoms with van der Waals surface area (Å²) >= 11 is 0. The standard InChI is InChI=1S/C15H19O2/c1-11-7-3-4-8-13(11)14-12(2)16-15(17-14)9-5-6-10-15/h3-4,7-8,12,14H,2,5-6,9-10H2,1H3/t12-,14+/m0/s1. The van der Waals surface area contributed by atoms with Gasteiger partial charge in [0, 0.05) is 12.8 Å². The van der Waals surface area contributed by atoms with E-state index in [1.54, 1.807) is 0 Å². The Morgan fingerprint density at radius 3 is 2.59 bits per heavy atom. The van der Waals surface area contributed by atoms with Crippen molar-refractivity contribution >= 4 is 0 Å². The molecular formula is C15H19O2. The van der Waals surface area contributed by atoms with Crippen molar-refractivity contribution in [2.24, 2.45) is 0 Å². The Balaban J connectivity index is 1.87. The predicted molar refractivity (Wildman–Crippen MR) is 66.4 cm³/mol. The van der Waals surface area contributed by atoms with Crippen molar-refractivity contribution in [3.63, 3.8) is 0 Å². The van der Waals surface area contributed by atoms with E-state index in [1.807, 2.05) is 0 Å². The first kappa shape index (κ1) is 11.2. The molecular weight excluding hydrogens is 212 g/mol. The van der Waals surface area contributed by atoms with E-state index in [0.717, 1.165) is 12.8 Å². The van der Waals surface area contributed by atoms with Crippen LogP contribution in [0.3, 0.4) is 0 Å². The molecule has 1 saturated carbocycles. The van der Waals surface area contributed by atoms with E-state index in [2.05, 4.69) is 38.1 Å². The molecule has 1 aromatic carbocycles. The number of ether oxygens (including phenoxy) is 2. The Labute approximate surface area is 103 Å². The second kappa shape index (κ2) is 4.11. The minimum Gasteiger partial charge on any atom is -0.344 e. The van der Waals surface area contributed by atoms with Crippen molar-refractivity contribution in [1.29, 1.82) is 0 Å². The van der Waals surface area contributed by atoms with Crippen LogP contribution >= 0.6 is 0 Å².